The predicted octanol–water partition coefficient (Wildman–Crippen LogP) is 1.84. The van der Waals surface area contributed by atoms with Gasteiger partial charge in [-0.25, -0.2) is 14.6 Å². The minimum absolute atomic E-state index is 0.617. The lowest BCUT2D eigenvalue weighted by Crippen LogP contribution is -2.20. The largest absolute Gasteiger partial charge is 0.316 e. The third-order valence-corrected chi connectivity index (χ3v) is 2.76. The number of rotatable bonds is 7. The molecule has 0 saturated carbocycles. The number of nitrogens with one attached hydrogen (secondary N) is 1. The molecule has 0 fully saturated rings. The summed E-state index contributed by atoms with van der Waals surface area (Å²) in [5, 5.41) is 7.73. The quantitative estimate of drug-likeness (QED) is 0.771. The minimum Gasteiger partial charge on any atom is -0.316 e. The van der Waals surface area contributed by atoms with Crippen LogP contribution in [0.25, 0.3) is 5.95 Å². The van der Waals surface area contributed by atoms with Gasteiger partial charge in [-0.3, -0.25) is 0 Å². The van der Waals surface area contributed by atoms with Gasteiger partial charge in [0.1, 0.15) is 0 Å². The molecule has 2 aromatic rings. The van der Waals surface area contributed by atoms with Crippen molar-refractivity contribution in [2.24, 2.45) is 5.92 Å². The molecule has 0 atom stereocenters. The van der Waals surface area contributed by atoms with Gasteiger partial charge in [-0.05, 0) is 43.5 Å². The molecule has 0 saturated heterocycles. The molecule has 0 aliphatic rings. The zero-order valence-electron chi connectivity index (χ0n) is 11.6. The molecule has 2 heterocycles. The van der Waals surface area contributed by atoms with E-state index >= 15 is 0 Å². The van der Waals surface area contributed by atoms with E-state index in [-0.39, 0.29) is 0 Å². The van der Waals surface area contributed by atoms with Gasteiger partial charge in [-0.15, -0.1) is 0 Å². The maximum absolute atomic E-state index is 4.28. The van der Waals surface area contributed by atoms with Crippen molar-refractivity contribution in [3.63, 3.8) is 0 Å². The molecule has 0 bridgehead atoms. The molecule has 5 nitrogen and oxygen atoms in total. The Bertz CT molecular complexity index is 478. The van der Waals surface area contributed by atoms with E-state index < -0.39 is 0 Å². The van der Waals surface area contributed by atoms with E-state index in [1.165, 1.54) is 5.56 Å². The monoisotopic (exact) mass is 259 g/mol. The normalized spacial score (nSPS) is 11.1. The topological polar surface area (TPSA) is 55.6 Å². The van der Waals surface area contributed by atoms with E-state index in [1.807, 2.05) is 12.4 Å². The van der Waals surface area contributed by atoms with E-state index in [4.69, 9.17) is 0 Å². The fourth-order valence-corrected chi connectivity index (χ4v) is 1.82. The smallest absolute Gasteiger partial charge is 0.250 e. The third kappa shape index (κ3) is 4.44. The summed E-state index contributed by atoms with van der Waals surface area (Å²) in [7, 11) is 0. The Hall–Kier alpha value is -1.75. The first-order valence-corrected chi connectivity index (χ1v) is 6.77. The summed E-state index contributed by atoms with van der Waals surface area (Å²) in [4.78, 5) is 8.34. The van der Waals surface area contributed by atoms with Crippen molar-refractivity contribution in [1.82, 2.24) is 25.1 Å². The highest BCUT2D eigenvalue weighted by Gasteiger charge is 2.02. The molecule has 0 aliphatic heterocycles. The molecule has 0 aliphatic carbocycles. The van der Waals surface area contributed by atoms with Gasteiger partial charge >= 0.3 is 0 Å². The molecule has 0 amide bonds. The Morgan fingerprint density at radius 3 is 2.79 bits per heavy atom. The highest BCUT2D eigenvalue weighted by atomic mass is 15.3. The number of aromatic nitrogens is 4. The van der Waals surface area contributed by atoms with Crippen LogP contribution in [0.15, 0.2) is 30.9 Å². The Kier molecular flexibility index (Phi) is 5.03. The first-order valence-electron chi connectivity index (χ1n) is 6.77. The van der Waals surface area contributed by atoms with Crippen LogP contribution in [0.3, 0.4) is 0 Å². The summed E-state index contributed by atoms with van der Waals surface area (Å²) in [5.41, 5.74) is 1.22. The molecule has 0 aromatic carbocycles. The Morgan fingerprint density at radius 1 is 1.26 bits per heavy atom. The van der Waals surface area contributed by atoms with E-state index in [1.54, 1.807) is 23.1 Å². The molecule has 1 N–H and O–H groups in total. The molecule has 5 heteroatoms. The maximum Gasteiger partial charge on any atom is 0.250 e. The molecule has 102 valence electrons. The second-order valence-electron chi connectivity index (χ2n) is 5.04. The van der Waals surface area contributed by atoms with Gasteiger partial charge in [-0.2, -0.15) is 5.10 Å². The van der Waals surface area contributed by atoms with Crippen LogP contribution in [-0.4, -0.2) is 32.8 Å². The van der Waals surface area contributed by atoms with Gasteiger partial charge in [0.15, 0.2) is 0 Å². The number of hydrogen-bond donors (Lipinski definition) is 1. The second kappa shape index (κ2) is 6.99. The zero-order chi connectivity index (χ0) is 13.5. The fourth-order valence-electron chi connectivity index (χ4n) is 1.82. The number of aryl methyl sites for hydroxylation is 1. The van der Waals surface area contributed by atoms with Crippen molar-refractivity contribution < 1.29 is 0 Å². The predicted molar refractivity (Wildman–Crippen MR) is 75.2 cm³/mol. The van der Waals surface area contributed by atoms with Gasteiger partial charge in [0.25, 0.3) is 0 Å². The third-order valence-electron chi connectivity index (χ3n) is 2.76. The van der Waals surface area contributed by atoms with E-state index in [2.05, 4.69) is 34.2 Å². The average Bonchev–Trinajstić information content (AvgIpc) is 2.88. The standard InChI is InChI=1S/C14H21N5/c1-12(2)9-15-6-3-5-13-10-18-19(11-13)14-16-7-4-8-17-14/h4,7-8,10-12,15H,3,5-6,9H2,1-2H3. The molecule has 2 aromatic heterocycles. The van der Waals surface area contributed by atoms with Crippen molar-refractivity contribution in [3.05, 3.63) is 36.4 Å². The van der Waals surface area contributed by atoms with Crippen molar-refractivity contribution in [1.29, 1.82) is 0 Å². The first-order chi connectivity index (χ1) is 9.25. The lowest BCUT2D eigenvalue weighted by molar-refractivity contribution is 0.543. The van der Waals surface area contributed by atoms with Crippen LogP contribution >= 0.6 is 0 Å². The summed E-state index contributed by atoms with van der Waals surface area (Å²) in [6.45, 7) is 6.57. The van der Waals surface area contributed by atoms with Crippen LogP contribution in [0.1, 0.15) is 25.8 Å². The van der Waals surface area contributed by atoms with Gasteiger partial charge in [0.05, 0.1) is 6.20 Å². The summed E-state index contributed by atoms with van der Waals surface area (Å²) in [5.74, 6) is 1.32. The van der Waals surface area contributed by atoms with Crippen LogP contribution in [0, 0.1) is 5.92 Å². The molecular formula is C14H21N5. The average molecular weight is 259 g/mol. The molecule has 0 unspecified atom stereocenters. The molecule has 0 radical (unpaired) electrons. The van der Waals surface area contributed by atoms with Gasteiger partial charge in [0.2, 0.25) is 5.95 Å². The van der Waals surface area contributed by atoms with Gasteiger partial charge in [0, 0.05) is 18.6 Å². The number of hydrogen-bond acceptors (Lipinski definition) is 4. The number of nitrogens with zero attached hydrogens (tertiary/aromatic N) is 4. The van der Waals surface area contributed by atoms with Crippen LogP contribution in [0.4, 0.5) is 0 Å². The van der Waals surface area contributed by atoms with E-state index in [0.29, 0.717) is 11.9 Å². The van der Waals surface area contributed by atoms with Crippen LogP contribution < -0.4 is 5.32 Å². The lowest BCUT2D eigenvalue weighted by Gasteiger charge is -2.06. The van der Waals surface area contributed by atoms with Crippen LogP contribution in [0.5, 0.6) is 0 Å². The van der Waals surface area contributed by atoms with Crippen molar-refractivity contribution in [3.8, 4) is 5.95 Å². The highest BCUT2D eigenvalue weighted by molar-refractivity contribution is 5.13. The first kappa shape index (κ1) is 13.7. The summed E-state index contributed by atoms with van der Waals surface area (Å²) < 4.78 is 1.72. The Morgan fingerprint density at radius 2 is 2.05 bits per heavy atom. The van der Waals surface area contributed by atoms with Crippen LogP contribution in [-0.2, 0) is 6.42 Å². The Balaban J connectivity index is 1.78. The molecule has 19 heavy (non-hydrogen) atoms. The fraction of sp³-hybridized carbons (Fsp3) is 0.500. The zero-order valence-corrected chi connectivity index (χ0v) is 11.6. The van der Waals surface area contributed by atoms with Crippen LogP contribution in [0.2, 0.25) is 0 Å². The molecular weight excluding hydrogens is 238 g/mol. The van der Waals surface area contributed by atoms with Crippen molar-refractivity contribution in [2.75, 3.05) is 13.1 Å². The second-order valence-corrected chi connectivity index (χ2v) is 5.04. The maximum atomic E-state index is 4.28. The van der Waals surface area contributed by atoms with Gasteiger partial charge in [-0.1, -0.05) is 13.8 Å². The lowest BCUT2D eigenvalue weighted by atomic mass is 10.2. The van der Waals surface area contributed by atoms with Crippen molar-refractivity contribution in [2.45, 2.75) is 26.7 Å². The summed E-state index contributed by atoms with van der Waals surface area (Å²) >= 11 is 0. The SMILES string of the molecule is CC(C)CNCCCc1cnn(-c2ncccn2)c1. The minimum atomic E-state index is 0.617. The van der Waals surface area contributed by atoms with Crippen molar-refractivity contribution >= 4 is 0 Å². The van der Waals surface area contributed by atoms with E-state index in [9.17, 15) is 0 Å². The van der Waals surface area contributed by atoms with E-state index in [0.717, 1.165) is 25.9 Å². The summed E-state index contributed by atoms with van der Waals surface area (Å²) in [6, 6.07) is 1.80. The molecule has 0 spiro atoms. The summed E-state index contributed by atoms with van der Waals surface area (Å²) in [6.07, 6.45) is 9.47. The highest BCUT2D eigenvalue weighted by Crippen LogP contribution is 2.04. The van der Waals surface area contributed by atoms with Gasteiger partial charge < -0.3 is 5.32 Å². The molecule has 2 rings (SSSR count). The Labute approximate surface area is 114 Å².